The van der Waals surface area contributed by atoms with Crippen molar-refractivity contribution in [2.45, 2.75) is 46.1 Å². The lowest BCUT2D eigenvalue weighted by molar-refractivity contribution is -0.930. The van der Waals surface area contributed by atoms with E-state index in [1.165, 1.54) is 65.7 Å². The molecule has 1 fully saturated rings. The molecule has 1 aliphatic heterocycles. The summed E-state index contributed by atoms with van der Waals surface area (Å²) in [7, 11) is 0. The second-order valence-corrected chi connectivity index (χ2v) is 9.24. The molecule has 0 aliphatic carbocycles. The van der Waals surface area contributed by atoms with Crippen LogP contribution in [0, 0.1) is 20.8 Å². The van der Waals surface area contributed by atoms with Gasteiger partial charge in [-0.25, -0.2) is 0 Å². The van der Waals surface area contributed by atoms with E-state index in [2.05, 4.69) is 50.4 Å². The van der Waals surface area contributed by atoms with Crippen LogP contribution in [-0.2, 0) is 0 Å². The summed E-state index contributed by atoms with van der Waals surface area (Å²) in [6, 6.07) is 12.6. The van der Waals surface area contributed by atoms with E-state index in [1.54, 1.807) is 28.4 Å². The molecule has 0 radical (unpaired) electrons. The van der Waals surface area contributed by atoms with Crippen LogP contribution in [0.1, 0.15) is 63.0 Å². The van der Waals surface area contributed by atoms with Gasteiger partial charge in [0.25, 0.3) is 5.91 Å². The Morgan fingerprint density at radius 3 is 2.45 bits per heavy atom. The van der Waals surface area contributed by atoms with Gasteiger partial charge in [-0.15, -0.1) is 11.3 Å². The third kappa shape index (κ3) is 4.16. The number of benzene rings is 1. The number of aryl methyl sites for hydroxylation is 2. The highest BCUT2D eigenvalue weighted by Crippen LogP contribution is 2.38. The van der Waals surface area contributed by atoms with E-state index in [0.29, 0.717) is 5.76 Å². The van der Waals surface area contributed by atoms with Crippen LogP contribution in [0.2, 0.25) is 0 Å². The third-order valence-corrected chi connectivity index (χ3v) is 7.15. The maximum Gasteiger partial charge on any atom is 0.291 e. The Morgan fingerprint density at radius 1 is 1.07 bits per heavy atom. The molecule has 5 heteroatoms. The largest absolute Gasteiger partial charge is 0.459 e. The van der Waals surface area contributed by atoms with E-state index in [4.69, 9.17) is 4.42 Å². The van der Waals surface area contributed by atoms with Crippen molar-refractivity contribution in [2.24, 2.45) is 0 Å². The Kier molecular flexibility index (Phi) is 5.88. The molecule has 0 saturated carbocycles. The summed E-state index contributed by atoms with van der Waals surface area (Å²) in [6.07, 6.45) is 5.36. The molecular weight excluding hydrogens is 380 g/mol. The highest BCUT2D eigenvalue weighted by atomic mass is 32.1. The lowest BCUT2D eigenvalue weighted by atomic mass is 9.92. The molecule has 1 aliphatic rings. The Morgan fingerprint density at radius 2 is 1.79 bits per heavy atom. The Labute approximate surface area is 176 Å². The van der Waals surface area contributed by atoms with Crippen LogP contribution < -0.4 is 10.2 Å². The highest BCUT2D eigenvalue weighted by molar-refractivity contribution is 7.16. The third-order valence-electron chi connectivity index (χ3n) is 6.01. The van der Waals surface area contributed by atoms with Crippen molar-refractivity contribution in [1.82, 2.24) is 0 Å². The maximum atomic E-state index is 12.7. The van der Waals surface area contributed by atoms with E-state index >= 15 is 0 Å². The van der Waals surface area contributed by atoms with Gasteiger partial charge in [0.1, 0.15) is 11.0 Å². The fourth-order valence-electron chi connectivity index (χ4n) is 4.32. The van der Waals surface area contributed by atoms with Crippen LogP contribution in [-0.4, -0.2) is 19.0 Å². The molecule has 1 saturated heterocycles. The Balaban J connectivity index is 1.77. The zero-order valence-corrected chi connectivity index (χ0v) is 18.2. The minimum Gasteiger partial charge on any atom is -0.459 e. The minimum atomic E-state index is -0.186. The van der Waals surface area contributed by atoms with Crippen molar-refractivity contribution < 1.29 is 14.1 Å². The molecule has 2 N–H and O–H groups in total. The van der Waals surface area contributed by atoms with Gasteiger partial charge in [-0.05, 0) is 57.7 Å². The first-order valence-electron chi connectivity index (χ1n) is 10.4. The van der Waals surface area contributed by atoms with E-state index in [0.717, 1.165) is 5.00 Å². The molecule has 4 nitrogen and oxygen atoms in total. The molecule has 1 aromatic carbocycles. The summed E-state index contributed by atoms with van der Waals surface area (Å²) in [4.78, 5) is 15.6. The van der Waals surface area contributed by atoms with E-state index in [9.17, 15) is 4.79 Å². The molecule has 1 atom stereocenters. The van der Waals surface area contributed by atoms with Gasteiger partial charge in [-0.2, -0.15) is 0 Å². The first-order valence-corrected chi connectivity index (χ1v) is 11.2. The predicted molar refractivity (Wildman–Crippen MR) is 118 cm³/mol. The number of amides is 1. The summed E-state index contributed by atoms with van der Waals surface area (Å²) in [5.74, 6) is 0.158. The van der Waals surface area contributed by atoms with Crippen molar-refractivity contribution in [3.63, 3.8) is 0 Å². The van der Waals surface area contributed by atoms with Crippen LogP contribution >= 0.6 is 11.3 Å². The van der Waals surface area contributed by atoms with Gasteiger partial charge >= 0.3 is 0 Å². The van der Waals surface area contributed by atoms with Crippen LogP contribution in [0.5, 0.6) is 0 Å². The number of thiophene rings is 1. The fraction of sp³-hybridized carbons (Fsp3) is 0.375. The zero-order valence-electron chi connectivity index (χ0n) is 17.4. The number of piperidine rings is 1. The normalized spacial score (nSPS) is 16.0. The van der Waals surface area contributed by atoms with Crippen LogP contribution in [0.4, 0.5) is 5.00 Å². The number of quaternary nitrogens is 1. The van der Waals surface area contributed by atoms with Crippen LogP contribution in [0.3, 0.4) is 0 Å². The zero-order chi connectivity index (χ0) is 20.4. The number of carbonyl (C=O) groups is 1. The summed E-state index contributed by atoms with van der Waals surface area (Å²) in [5.41, 5.74) is 5.13. The fourth-order valence-corrected chi connectivity index (χ4v) is 5.41. The summed E-state index contributed by atoms with van der Waals surface area (Å²) < 4.78 is 5.31. The van der Waals surface area contributed by atoms with E-state index in [-0.39, 0.29) is 11.9 Å². The molecule has 4 rings (SSSR count). The molecule has 3 heterocycles. The van der Waals surface area contributed by atoms with Crippen molar-refractivity contribution >= 4 is 22.2 Å². The van der Waals surface area contributed by atoms with Gasteiger partial charge in [-0.1, -0.05) is 29.8 Å². The van der Waals surface area contributed by atoms with Gasteiger partial charge in [-0.3, -0.25) is 4.79 Å². The van der Waals surface area contributed by atoms with Gasteiger partial charge < -0.3 is 14.6 Å². The molecule has 3 aromatic rings. The first-order chi connectivity index (χ1) is 14.0. The molecule has 0 spiro atoms. The number of carbonyl (C=O) groups excluding carboxylic acids is 1. The number of hydrogen-bond donors (Lipinski definition) is 2. The number of hydrogen-bond acceptors (Lipinski definition) is 3. The molecule has 0 bridgehead atoms. The Hall–Kier alpha value is -2.37. The average Bonchev–Trinajstić information content (AvgIpc) is 3.35. The molecule has 29 heavy (non-hydrogen) atoms. The predicted octanol–water partition coefficient (Wildman–Crippen LogP) is 4.68. The molecule has 152 valence electrons. The number of anilines is 1. The lowest BCUT2D eigenvalue weighted by Gasteiger charge is -2.33. The smallest absolute Gasteiger partial charge is 0.291 e. The van der Waals surface area contributed by atoms with Gasteiger partial charge in [0, 0.05) is 10.4 Å². The van der Waals surface area contributed by atoms with Gasteiger partial charge in [0.2, 0.25) is 0 Å². The summed E-state index contributed by atoms with van der Waals surface area (Å²) in [6.45, 7) is 8.79. The monoisotopic (exact) mass is 409 g/mol. The van der Waals surface area contributed by atoms with Gasteiger partial charge in [0.05, 0.1) is 24.9 Å². The van der Waals surface area contributed by atoms with Crippen molar-refractivity contribution in [3.8, 4) is 0 Å². The molecule has 0 unspecified atom stereocenters. The highest BCUT2D eigenvalue weighted by Gasteiger charge is 2.33. The molecule has 2 aromatic heterocycles. The first kappa shape index (κ1) is 19.9. The number of likely N-dealkylation sites (tertiary alicyclic amines) is 1. The maximum absolute atomic E-state index is 12.7. The van der Waals surface area contributed by atoms with Crippen LogP contribution in [0.15, 0.2) is 47.1 Å². The summed E-state index contributed by atoms with van der Waals surface area (Å²) >= 11 is 1.67. The van der Waals surface area contributed by atoms with E-state index in [1.807, 2.05) is 0 Å². The van der Waals surface area contributed by atoms with Gasteiger partial charge in [0.15, 0.2) is 5.76 Å². The number of nitrogens with one attached hydrogen (secondary N) is 2. The molecular formula is C24H29N2O2S+. The van der Waals surface area contributed by atoms with E-state index < -0.39 is 0 Å². The lowest BCUT2D eigenvalue weighted by Crippen LogP contribution is -3.13. The quantitative estimate of drug-likeness (QED) is 0.643. The van der Waals surface area contributed by atoms with Crippen molar-refractivity contribution in [3.05, 3.63) is 75.6 Å². The van der Waals surface area contributed by atoms with Crippen LogP contribution in [0.25, 0.3) is 0 Å². The standard InChI is InChI=1S/C24H28N2O2S/c1-16-9-11-19(12-10-16)22(26-13-5-4-6-14-26)21-17(2)18(3)29-24(21)25-23(27)20-8-7-15-28-20/h7-12,15,22H,4-6,13-14H2,1-3H3,(H,25,27)/p+1/t22-/m1/s1. The number of rotatable bonds is 5. The second kappa shape index (κ2) is 8.56. The topological polar surface area (TPSA) is 46.7 Å². The van der Waals surface area contributed by atoms with Crippen molar-refractivity contribution in [2.75, 3.05) is 18.4 Å². The second-order valence-electron chi connectivity index (χ2n) is 8.02. The molecule has 1 amide bonds. The Bertz CT molecular complexity index is 967. The summed E-state index contributed by atoms with van der Waals surface area (Å²) in [5, 5.41) is 4.10. The van der Waals surface area contributed by atoms with Crippen molar-refractivity contribution in [1.29, 1.82) is 0 Å². The average molecular weight is 410 g/mol. The minimum absolute atomic E-state index is 0.186. The number of furan rings is 1. The SMILES string of the molecule is Cc1ccc([C@H](c2c(NC(=O)c3ccco3)sc(C)c2C)[NH+]2CCCCC2)cc1.